The lowest BCUT2D eigenvalue weighted by molar-refractivity contribution is -0.0460. The number of aromatic nitrogens is 2. The van der Waals surface area contributed by atoms with Crippen LogP contribution in [0.3, 0.4) is 0 Å². The van der Waals surface area contributed by atoms with Gasteiger partial charge >= 0.3 is 5.69 Å². The molecule has 0 amide bonds. The molecular formula is C13H21N3O5. The molecule has 1 aromatic rings. The molecule has 0 aliphatic carbocycles. The number of H-pyrrole nitrogens is 1. The Morgan fingerprint density at radius 3 is 2.90 bits per heavy atom. The van der Waals surface area contributed by atoms with Crippen LogP contribution in [-0.4, -0.2) is 45.1 Å². The molecule has 1 aromatic heterocycles. The van der Waals surface area contributed by atoms with Gasteiger partial charge in [0.15, 0.2) is 0 Å². The van der Waals surface area contributed by atoms with Crippen molar-refractivity contribution >= 4 is 0 Å². The third-order valence-electron chi connectivity index (χ3n) is 3.48. The van der Waals surface area contributed by atoms with E-state index in [1.165, 1.54) is 10.8 Å². The molecule has 1 aliphatic heterocycles. The molecule has 0 spiro atoms. The first-order valence-corrected chi connectivity index (χ1v) is 7.06. The minimum absolute atomic E-state index is 0.193. The Morgan fingerprint density at radius 2 is 2.29 bits per heavy atom. The van der Waals surface area contributed by atoms with Gasteiger partial charge < -0.3 is 20.3 Å². The summed E-state index contributed by atoms with van der Waals surface area (Å²) in [7, 11) is 0. The quantitative estimate of drug-likeness (QED) is 0.484. The Morgan fingerprint density at radius 1 is 1.52 bits per heavy atom. The highest BCUT2D eigenvalue weighted by Crippen LogP contribution is 2.27. The van der Waals surface area contributed by atoms with Gasteiger partial charge in [-0.2, -0.15) is 0 Å². The van der Waals surface area contributed by atoms with Crippen LogP contribution in [0.2, 0.25) is 0 Å². The normalized spacial score (nSPS) is 25.4. The van der Waals surface area contributed by atoms with Crippen molar-refractivity contribution in [2.75, 3.05) is 13.2 Å². The van der Waals surface area contributed by atoms with Crippen molar-refractivity contribution < 1.29 is 14.9 Å². The molecule has 0 unspecified atom stereocenters. The first kappa shape index (κ1) is 15.9. The number of ether oxygens (including phenoxy) is 1. The monoisotopic (exact) mass is 299 g/mol. The Bertz CT molecular complexity index is 582. The molecule has 21 heavy (non-hydrogen) atoms. The fourth-order valence-corrected chi connectivity index (χ4v) is 2.32. The summed E-state index contributed by atoms with van der Waals surface area (Å²) in [5.41, 5.74) is -0.597. The molecule has 2 rings (SSSR count). The molecule has 1 saturated heterocycles. The van der Waals surface area contributed by atoms with E-state index in [1.54, 1.807) is 0 Å². The van der Waals surface area contributed by atoms with E-state index in [0.29, 0.717) is 12.1 Å². The van der Waals surface area contributed by atoms with Gasteiger partial charge in [0.25, 0.3) is 5.56 Å². The van der Waals surface area contributed by atoms with Gasteiger partial charge in [0.1, 0.15) is 12.3 Å². The largest absolute Gasteiger partial charge is 0.394 e. The van der Waals surface area contributed by atoms with E-state index in [2.05, 4.69) is 10.3 Å². The molecule has 0 aromatic carbocycles. The number of rotatable bonds is 6. The molecule has 8 heteroatoms. The smallest absolute Gasteiger partial charge is 0.330 e. The first-order chi connectivity index (χ1) is 10.1. The number of hydrogen-bond donors (Lipinski definition) is 4. The van der Waals surface area contributed by atoms with Crippen LogP contribution >= 0.6 is 0 Å². The van der Waals surface area contributed by atoms with Crippen LogP contribution in [0.25, 0.3) is 0 Å². The maximum absolute atomic E-state index is 11.9. The summed E-state index contributed by atoms with van der Waals surface area (Å²) in [6.45, 7) is 2.81. The van der Waals surface area contributed by atoms with Gasteiger partial charge in [-0.25, -0.2) is 4.79 Å². The molecule has 118 valence electrons. The zero-order valence-electron chi connectivity index (χ0n) is 11.9. The van der Waals surface area contributed by atoms with E-state index < -0.39 is 29.7 Å². The molecule has 8 nitrogen and oxygen atoms in total. The Balaban J connectivity index is 2.22. The van der Waals surface area contributed by atoms with Crippen LogP contribution in [0.4, 0.5) is 0 Å². The standard InChI is InChI=1S/C13H21N3O5/c1-2-3-14-5-8-6-16(13(20)15-12(8)19)11-4-9(18)10(7-17)21-11/h6,9-11,14,17-18H,2-5,7H2,1H3,(H,15,19,20)/t9-,10+,11+/m0/s1. The van der Waals surface area contributed by atoms with Crippen molar-refractivity contribution in [2.24, 2.45) is 0 Å². The van der Waals surface area contributed by atoms with Crippen LogP contribution in [0, 0.1) is 0 Å². The summed E-state index contributed by atoms with van der Waals surface area (Å²) >= 11 is 0. The Hall–Kier alpha value is -1.48. The molecule has 1 fully saturated rings. The summed E-state index contributed by atoms with van der Waals surface area (Å²) in [6, 6.07) is 0. The lowest BCUT2D eigenvalue weighted by Gasteiger charge is -2.15. The summed E-state index contributed by atoms with van der Waals surface area (Å²) in [5, 5.41) is 21.9. The minimum Gasteiger partial charge on any atom is -0.394 e. The second-order valence-electron chi connectivity index (χ2n) is 5.11. The van der Waals surface area contributed by atoms with Gasteiger partial charge in [-0.15, -0.1) is 0 Å². The minimum atomic E-state index is -0.833. The lowest BCUT2D eigenvalue weighted by atomic mass is 10.2. The van der Waals surface area contributed by atoms with Crippen molar-refractivity contribution in [2.45, 2.75) is 44.7 Å². The van der Waals surface area contributed by atoms with Crippen molar-refractivity contribution in [1.82, 2.24) is 14.9 Å². The van der Waals surface area contributed by atoms with Gasteiger partial charge in [-0.05, 0) is 13.0 Å². The SMILES string of the molecule is CCCNCc1cn([C@H]2C[C@H](O)[C@@H](CO)O2)c(=O)[nH]c1=O. The zero-order valence-corrected chi connectivity index (χ0v) is 11.9. The zero-order chi connectivity index (χ0) is 15.4. The number of aliphatic hydroxyl groups is 2. The summed E-state index contributed by atoms with van der Waals surface area (Å²) in [4.78, 5) is 25.9. The molecule has 0 bridgehead atoms. The van der Waals surface area contributed by atoms with Crippen molar-refractivity contribution in [3.8, 4) is 0 Å². The highest BCUT2D eigenvalue weighted by atomic mass is 16.5. The Labute approximate surface area is 121 Å². The number of aromatic amines is 1. The third-order valence-corrected chi connectivity index (χ3v) is 3.48. The fraction of sp³-hybridized carbons (Fsp3) is 0.692. The molecule has 1 aliphatic rings. The highest BCUT2D eigenvalue weighted by Gasteiger charge is 2.35. The number of nitrogens with zero attached hydrogens (tertiary/aromatic N) is 1. The molecule has 4 N–H and O–H groups in total. The molecule has 0 saturated carbocycles. The van der Waals surface area contributed by atoms with Crippen LogP contribution < -0.4 is 16.6 Å². The van der Waals surface area contributed by atoms with Gasteiger partial charge in [-0.3, -0.25) is 14.3 Å². The molecular weight excluding hydrogens is 278 g/mol. The van der Waals surface area contributed by atoms with Crippen molar-refractivity contribution in [3.05, 3.63) is 32.6 Å². The van der Waals surface area contributed by atoms with E-state index in [-0.39, 0.29) is 13.0 Å². The second kappa shape index (κ2) is 6.99. The van der Waals surface area contributed by atoms with Gasteiger partial charge in [0, 0.05) is 24.7 Å². The van der Waals surface area contributed by atoms with E-state index in [0.717, 1.165) is 13.0 Å². The van der Waals surface area contributed by atoms with Gasteiger partial charge in [0.2, 0.25) is 0 Å². The van der Waals surface area contributed by atoms with Gasteiger partial charge in [0.05, 0.1) is 12.7 Å². The maximum Gasteiger partial charge on any atom is 0.330 e. The van der Waals surface area contributed by atoms with Crippen LogP contribution in [0.1, 0.15) is 31.6 Å². The average molecular weight is 299 g/mol. The summed E-state index contributed by atoms with van der Waals surface area (Å²) in [5.74, 6) is 0. The highest BCUT2D eigenvalue weighted by molar-refractivity contribution is 5.05. The third kappa shape index (κ3) is 3.59. The van der Waals surface area contributed by atoms with Crippen molar-refractivity contribution in [3.63, 3.8) is 0 Å². The number of hydrogen-bond acceptors (Lipinski definition) is 6. The predicted octanol–water partition coefficient (Wildman–Crippen LogP) is -1.32. The topological polar surface area (TPSA) is 117 Å². The van der Waals surface area contributed by atoms with E-state index in [9.17, 15) is 14.7 Å². The van der Waals surface area contributed by atoms with Crippen molar-refractivity contribution in [1.29, 1.82) is 0 Å². The molecule has 2 heterocycles. The van der Waals surface area contributed by atoms with Crippen LogP contribution in [0.15, 0.2) is 15.8 Å². The van der Waals surface area contributed by atoms with E-state index in [4.69, 9.17) is 9.84 Å². The average Bonchev–Trinajstić information content (AvgIpc) is 2.82. The fourth-order valence-electron chi connectivity index (χ4n) is 2.32. The lowest BCUT2D eigenvalue weighted by Crippen LogP contribution is -2.35. The molecule has 3 atom stereocenters. The van der Waals surface area contributed by atoms with E-state index >= 15 is 0 Å². The summed E-state index contributed by atoms with van der Waals surface area (Å²) in [6.07, 6.45) is 0.343. The predicted molar refractivity (Wildman–Crippen MR) is 74.9 cm³/mol. The first-order valence-electron chi connectivity index (χ1n) is 7.06. The summed E-state index contributed by atoms with van der Waals surface area (Å²) < 4.78 is 6.68. The van der Waals surface area contributed by atoms with Crippen LogP contribution in [-0.2, 0) is 11.3 Å². The second-order valence-corrected chi connectivity index (χ2v) is 5.11. The number of nitrogens with one attached hydrogen (secondary N) is 2. The number of aliphatic hydroxyl groups excluding tert-OH is 2. The van der Waals surface area contributed by atoms with E-state index in [1.807, 2.05) is 6.92 Å². The Kier molecular flexibility index (Phi) is 5.29. The van der Waals surface area contributed by atoms with Gasteiger partial charge in [-0.1, -0.05) is 6.92 Å². The van der Waals surface area contributed by atoms with Crippen LogP contribution in [0.5, 0.6) is 0 Å². The molecule has 0 radical (unpaired) electrons. The maximum atomic E-state index is 11.9.